The monoisotopic (exact) mass is 253 g/mol. The van der Waals surface area contributed by atoms with Gasteiger partial charge in [0.15, 0.2) is 0 Å². The fourth-order valence-corrected chi connectivity index (χ4v) is 3.09. The van der Waals surface area contributed by atoms with Gasteiger partial charge in [0, 0.05) is 6.54 Å². The van der Waals surface area contributed by atoms with Crippen LogP contribution < -0.4 is 0 Å². The number of rotatable bonds is 2. The van der Waals surface area contributed by atoms with E-state index in [9.17, 15) is 0 Å². The van der Waals surface area contributed by atoms with Crippen LogP contribution in [0.3, 0.4) is 0 Å². The van der Waals surface area contributed by atoms with Crippen LogP contribution in [-0.4, -0.2) is 24.5 Å². The molecule has 0 aromatic carbocycles. The lowest BCUT2D eigenvalue weighted by atomic mass is 10.0. The minimum atomic E-state index is 1.05. The van der Waals surface area contributed by atoms with Crippen LogP contribution in [-0.2, 0) is 0 Å². The highest BCUT2D eigenvalue weighted by molar-refractivity contribution is 5.52. The lowest BCUT2D eigenvalue weighted by molar-refractivity contribution is 0.245. The van der Waals surface area contributed by atoms with Gasteiger partial charge in [-0.1, -0.05) is 54.5 Å². The first-order chi connectivity index (χ1) is 9.42. The summed E-state index contributed by atoms with van der Waals surface area (Å²) in [6.07, 6.45) is 22.3. The largest absolute Gasteiger partial charge is 0.299 e. The number of fused-ring (bicyclic) bond motifs is 1. The van der Waals surface area contributed by atoms with E-state index in [2.05, 4.69) is 47.4 Å². The van der Waals surface area contributed by atoms with Gasteiger partial charge in [-0.05, 0) is 49.9 Å². The first kappa shape index (κ1) is 12.7. The summed E-state index contributed by atoms with van der Waals surface area (Å²) in [5.41, 5.74) is 4.33. The average molecular weight is 253 g/mol. The van der Waals surface area contributed by atoms with Crippen LogP contribution in [0.25, 0.3) is 0 Å². The lowest BCUT2D eigenvalue weighted by Crippen LogP contribution is -2.31. The Bertz CT molecular complexity index is 468. The molecule has 1 aliphatic heterocycles. The first-order valence-corrected chi connectivity index (χ1v) is 7.57. The molecule has 19 heavy (non-hydrogen) atoms. The molecule has 0 N–H and O–H groups in total. The van der Waals surface area contributed by atoms with Gasteiger partial charge in [-0.2, -0.15) is 0 Å². The number of hydrogen-bond donors (Lipinski definition) is 0. The van der Waals surface area contributed by atoms with Crippen molar-refractivity contribution >= 4 is 0 Å². The zero-order valence-corrected chi connectivity index (χ0v) is 11.6. The van der Waals surface area contributed by atoms with Crippen molar-refractivity contribution < 1.29 is 0 Å². The van der Waals surface area contributed by atoms with Crippen molar-refractivity contribution in [2.24, 2.45) is 0 Å². The van der Waals surface area contributed by atoms with Crippen molar-refractivity contribution in [3.8, 4) is 0 Å². The summed E-state index contributed by atoms with van der Waals surface area (Å²) in [7, 11) is 0. The molecule has 1 nitrogen and oxygen atoms in total. The molecule has 0 amide bonds. The van der Waals surface area contributed by atoms with E-state index in [1.807, 2.05) is 0 Å². The Morgan fingerprint density at radius 2 is 1.89 bits per heavy atom. The molecule has 0 radical (unpaired) electrons. The predicted molar refractivity (Wildman–Crippen MR) is 82.1 cm³/mol. The summed E-state index contributed by atoms with van der Waals surface area (Å²) in [6, 6.07) is 0. The van der Waals surface area contributed by atoms with Crippen molar-refractivity contribution in [2.45, 2.75) is 32.1 Å². The summed E-state index contributed by atoms with van der Waals surface area (Å²) in [5, 5.41) is 0. The molecular weight excluding hydrogens is 230 g/mol. The van der Waals surface area contributed by atoms with Crippen LogP contribution in [0.4, 0.5) is 0 Å². The minimum Gasteiger partial charge on any atom is -0.299 e. The van der Waals surface area contributed by atoms with E-state index in [1.54, 1.807) is 5.57 Å². The molecule has 1 heteroatoms. The molecule has 0 unspecified atom stereocenters. The normalized spacial score (nSPS) is 23.9. The Kier molecular flexibility index (Phi) is 4.14. The second-order valence-electron chi connectivity index (χ2n) is 5.69. The maximum absolute atomic E-state index is 2.62. The minimum absolute atomic E-state index is 1.05. The molecule has 100 valence electrons. The molecule has 0 saturated carbocycles. The van der Waals surface area contributed by atoms with Crippen molar-refractivity contribution in [1.29, 1.82) is 0 Å². The standard InChI is InChI=1S/C18H23N/c1-3-9-17-11-7-8-16(14-18(17)10-4-1)15-19-12-5-2-6-13-19/h1,4,7,9-11,14H,2-3,5-6,8,12-13,15H2. The van der Waals surface area contributed by atoms with Crippen LogP contribution in [0.15, 0.2) is 59.3 Å². The molecule has 2 aliphatic carbocycles. The number of likely N-dealkylation sites (tertiary alicyclic amines) is 1. The summed E-state index contributed by atoms with van der Waals surface area (Å²) >= 11 is 0. The molecule has 1 heterocycles. The Morgan fingerprint density at radius 1 is 1.00 bits per heavy atom. The predicted octanol–water partition coefficient (Wildman–Crippen LogP) is 4.17. The molecule has 0 bridgehead atoms. The van der Waals surface area contributed by atoms with E-state index in [1.165, 1.54) is 43.5 Å². The average Bonchev–Trinajstić information content (AvgIpc) is 2.75. The second-order valence-corrected chi connectivity index (χ2v) is 5.69. The first-order valence-electron chi connectivity index (χ1n) is 7.57. The highest BCUT2D eigenvalue weighted by atomic mass is 15.1. The summed E-state index contributed by atoms with van der Waals surface area (Å²) in [4.78, 5) is 2.62. The maximum atomic E-state index is 2.62. The van der Waals surface area contributed by atoms with Gasteiger partial charge < -0.3 is 0 Å². The number of hydrogen-bond acceptors (Lipinski definition) is 1. The molecule has 0 aromatic rings. The third-order valence-corrected chi connectivity index (χ3v) is 4.13. The van der Waals surface area contributed by atoms with E-state index in [0.29, 0.717) is 0 Å². The van der Waals surface area contributed by atoms with Crippen molar-refractivity contribution in [2.75, 3.05) is 19.6 Å². The quantitative estimate of drug-likeness (QED) is 0.714. The van der Waals surface area contributed by atoms with Crippen LogP contribution in [0.2, 0.25) is 0 Å². The Balaban J connectivity index is 1.76. The third kappa shape index (κ3) is 3.36. The van der Waals surface area contributed by atoms with Gasteiger partial charge in [-0.15, -0.1) is 0 Å². The molecule has 0 spiro atoms. The van der Waals surface area contributed by atoms with Gasteiger partial charge in [-0.25, -0.2) is 0 Å². The molecular formula is C18H23N. The van der Waals surface area contributed by atoms with E-state index in [-0.39, 0.29) is 0 Å². The zero-order valence-electron chi connectivity index (χ0n) is 11.6. The highest BCUT2D eigenvalue weighted by Crippen LogP contribution is 2.24. The van der Waals surface area contributed by atoms with Gasteiger partial charge >= 0.3 is 0 Å². The Hall–Kier alpha value is -1.34. The van der Waals surface area contributed by atoms with Crippen molar-refractivity contribution in [3.05, 3.63) is 59.3 Å². The van der Waals surface area contributed by atoms with Crippen molar-refractivity contribution in [1.82, 2.24) is 4.90 Å². The smallest absolute Gasteiger partial charge is 0.0199 e. The Morgan fingerprint density at radius 3 is 2.79 bits per heavy atom. The number of nitrogens with zero attached hydrogens (tertiary/aromatic N) is 1. The van der Waals surface area contributed by atoms with Gasteiger partial charge in [0.2, 0.25) is 0 Å². The molecule has 3 rings (SSSR count). The third-order valence-electron chi connectivity index (χ3n) is 4.13. The molecule has 1 fully saturated rings. The number of piperidine rings is 1. The Labute approximate surface area is 116 Å². The SMILES string of the molecule is C1=CCC=C2C=CCC(CN3CCCCC3)=CC2=C1. The topological polar surface area (TPSA) is 3.24 Å². The summed E-state index contributed by atoms with van der Waals surface area (Å²) < 4.78 is 0. The van der Waals surface area contributed by atoms with Crippen molar-refractivity contribution in [3.63, 3.8) is 0 Å². The van der Waals surface area contributed by atoms with Crippen LogP contribution in [0, 0.1) is 0 Å². The number of allylic oxidation sites excluding steroid dienone is 9. The van der Waals surface area contributed by atoms with Crippen LogP contribution in [0.1, 0.15) is 32.1 Å². The van der Waals surface area contributed by atoms with Crippen LogP contribution in [0.5, 0.6) is 0 Å². The highest BCUT2D eigenvalue weighted by Gasteiger charge is 2.13. The van der Waals surface area contributed by atoms with Gasteiger partial charge in [0.25, 0.3) is 0 Å². The molecule has 1 saturated heterocycles. The van der Waals surface area contributed by atoms with Gasteiger partial charge in [0.05, 0.1) is 0 Å². The van der Waals surface area contributed by atoms with Gasteiger partial charge in [0.1, 0.15) is 0 Å². The maximum Gasteiger partial charge on any atom is 0.0199 e. The van der Waals surface area contributed by atoms with Crippen LogP contribution >= 0.6 is 0 Å². The molecule has 0 aromatic heterocycles. The van der Waals surface area contributed by atoms with E-state index in [0.717, 1.165) is 19.4 Å². The second kappa shape index (κ2) is 6.21. The van der Waals surface area contributed by atoms with Gasteiger partial charge in [-0.3, -0.25) is 4.90 Å². The van der Waals surface area contributed by atoms with E-state index < -0.39 is 0 Å². The van der Waals surface area contributed by atoms with E-state index >= 15 is 0 Å². The fourth-order valence-electron chi connectivity index (χ4n) is 3.09. The lowest BCUT2D eigenvalue weighted by Gasteiger charge is -2.27. The summed E-state index contributed by atoms with van der Waals surface area (Å²) in [6.45, 7) is 3.71. The van der Waals surface area contributed by atoms with E-state index in [4.69, 9.17) is 0 Å². The molecule has 0 atom stereocenters. The zero-order chi connectivity index (χ0) is 12.9. The molecule has 3 aliphatic rings. The summed E-state index contributed by atoms with van der Waals surface area (Å²) in [5.74, 6) is 0. The fraction of sp³-hybridized carbons (Fsp3) is 0.444.